The maximum atomic E-state index is 11.8. The van der Waals surface area contributed by atoms with Gasteiger partial charge in [-0.25, -0.2) is 0 Å². The molecule has 1 amide bonds. The number of rotatable bonds is 5. The predicted octanol–water partition coefficient (Wildman–Crippen LogP) is 0.622. The minimum Gasteiger partial charge on any atom is -0.379 e. The first-order chi connectivity index (χ1) is 9.16. The maximum Gasteiger partial charge on any atom is 0.225 e. The van der Waals surface area contributed by atoms with Crippen LogP contribution in [-0.2, 0) is 16.0 Å². The highest BCUT2D eigenvalue weighted by atomic mass is 16.5. The number of morpholine rings is 1. The molecule has 1 aromatic rings. The van der Waals surface area contributed by atoms with E-state index in [2.05, 4.69) is 15.2 Å². The van der Waals surface area contributed by atoms with Crippen molar-refractivity contribution in [2.45, 2.75) is 20.3 Å². The molecule has 0 spiro atoms. The lowest BCUT2D eigenvalue weighted by atomic mass is 10.1. The van der Waals surface area contributed by atoms with Crippen LogP contribution in [-0.4, -0.2) is 55.2 Å². The van der Waals surface area contributed by atoms with Gasteiger partial charge in [-0.2, -0.15) is 0 Å². The highest BCUT2D eigenvalue weighted by molar-refractivity contribution is 5.78. The van der Waals surface area contributed by atoms with Gasteiger partial charge in [0.05, 0.1) is 19.6 Å². The molecule has 19 heavy (non-hydrogen) atoms. The molecule has 0 aromatic carbocycles. The minimum atomic E-state index is 0.0817. The number of hydrogen-bond acceptors (Lipinski definition) is 3. The Labute approximate surface area is 114 Å². The van der Waals surface area contributed by atoms with Crippen molar-refractivity contribution in [2.75, 3.05) is 39.4 Å². The first-order valence-corrected chi connectivity index (χ1v) is 6.87. The lowest BCUT2D eigenvalue weighted by Crippen LogP contribution is -2.41. The number of aromatic nitrogens is 1. The third-order valence-corrected chi connectivity index (χ3v) is 3.70. The summed E-state index contributed by atoms with van der Waals surface area (Å²) >= 11 is 0. The Morgan fingerprint density at radius 2 is 2.16 bits per heavy atom. The molecule has 2 N–H and O–H groups in total. The number of carbonyl (C=O) groups is 1. The van der Waals surface area contributed by atoms with E-state index in [0.29, 0.717) is 13.0 Å². The molecular weight excluding hydrogens is 242 g/mol. The molecule has 2 heterocycles. The van der Waals surface area contributed by atoms with Gasteiger partial charge in [0, 0.05) is 38.1 Å². The summed E-state index contributed by atoms with van der Waals surface area (Å²) in [6, 6.07) is 0. The zero-order valence-electron chi connectivity index (χ0n) is 11.8. The zero-order valence-corrected chi connectivity index (χ0v) is 11.8. The number of nitrogens with zero attached hydrogens (tertiary/aromatic N) is 1. The van der Waals surface area contributed by atoms with Gasteiger partial charge in [0.2, 0.25) is 5.91 Å². The van der Waals surface area contributed by atoms with Crippen LogP contribution in [0.1, 0.15) is 16.8 Å². The second-order valence-corrected chi connectivity index (χ2v) is 5.06. The van der Waals surface area contributed by atoms with Crippen LogP contribution in [0.4, 0.5) is 0 Å². The maximum absolute atomic E-state index is 11.8. The summed E-state index contributed by atoms with van der Waals surface area (Å²) in [5.41, 5.74) is 3.40. The van der Waals surface area contributed by atoms with Crippen LogP contribution >= 0.6 is 0 Å². The smallest absolute Gasteiger partial charge is 0.225 e. The van der Waals surface area contributed by atoms with Crippen LogP contribution in [0.15, 0.2) is 6.20 Å². The van der Waals surface area contributed by atoms with E-state index in [4.69, 9.17) is 4.74 Å². The molecule has 1 saturated heterocycles. The highest BCUT2D eigenvalue weighted by Gasteiger charge is 2.11. The topological polar surface area (TPSA) is 57.4 Å². The van der Waals surface area contributed by atoms with Crippen molar-refractivity contribution in [3.8, 4) is 0 Å². The molecule has 0 atom stereocenters. The molecule has 1 aromatic heterocycles. The monoisotopic (exact) mass is 265 g/mol. The fourth-order valence-corrected chi connectivity index (χ4v) is 2.23. The Balaban J connectivity index is 1.68. The van der Waals surface area contributed by atoms with Gasteiger partial charge >= 0.3 is 0 Å². The molecule has 106 valence electrons. The third-order valence-electron chi connectivity index (χ3n) is 3.70. The molecule has 0 unspecified atom stereocenters. The second kappa shape index (κ2) is 6.73. The first-order valence-electron chi connectivity index (χ1n) is 6.87. The van der Waals surface area contributed by atoms with Gasteiger partial charge in [0.1, 0.15) is 0 Å². The molecular formula is C14H23N3O2. The number of H-pyrrole nitrogens is 1. The number of aromatic amines is 1. The van der Waals surface area contributed by atoms with E-state index in [0.717, 1.165) is 38.5 Å². The summed E-state index contributed by atoms with van der Waals surface area (Å²) < 4.78 is 5.29. The van der Waals surface area contributed by atoms with E-state index in [9.17, 15) is 4.79 Å². The fraction of sp³-hybridized carbons (Fsp3) is 0.643. The Morgan fingerprint density at radius 3 is 2.79 bits per heavy atom. The molecule has 0 aliphatic carbocycles. The van der Waals surface area contributed by atoms with Crippen LogP contribution in [0.3, 0.4) is 0 Å². The normalized spacial score (nSPS) is 16.5. The molecule has 2 rings (SSSR count). The van der Waals surface area contributed by atoms with Crippen LogP contribution in [0.2, 0.25) is 0 Å². The Morgan fingerprint density at radius 1 is 1.42 bits per heavy atom. The molecule has 1 fully saturated rings. The summed E-state index contributed by atoms with van der Waals surface area (Å²) in [6.07, 6.45) is 2.38. The van der Waals surface area contributed by atoms with E-state index in [-0.39, 0.29) is 5.91 Å². The molecule has 1 aliphatic heterocycles. The number of amides is 1. The summed E-state index contributed by atoms with van der Waals surface area (Å²) in [5, 5.41) is 2.97. The highest BCUT2D eigenvalue weighted by Crippen LogP contribution is 2.11. The Hall–Kier alpha value is -1.33. The van der Waals surface area contributed by atoms with Crippen molar-refractivity contribution in [1.29, 1.82) is 0 Å². The van der Waals surface area contributed by atoms with Crippen LogP contribution in [0.25, 0.3) is 0 Å². The van der Waals surface area contributed by atoms with E-state index in [1.165, 1.54) is 11.1 Å². The lowest BCUT2D eigenvalue weighted by molar-refractivity contribution is -0.120. The van der Waals surface area contributed by atoms with Crippen LogP contribution in [0, 0.1) is 13.8 Å². The van der Waals surface area contributed by atoms with Gasteiger partial charge in [-0.15, -0.1) is 0 Å². The zero-order chi connectivity index (χ0) is 13.7. The molecule has 1 aliphatic rings. The van der Waals surface area contributed by atoms with Gasteiger partial charge in [-0.05, 0) is 25.0 Å². The second-order valence-electron chi connectivity index (χ2n) is 5.06. The average molecular weight is 265 g/mol. The van der Waals surface area contributed by atoms with Gasteiger partial charge in [0.15, 0.2) is 0 Å². The standard InChI is InChI=1S/C14H23N3O2/c1-11-10-16-13(12(11)2)9-14(18)15-3-4-17-5-7-19-8-6-17/h10,16H,3-9H2,1-2H3,(H,15,18). The number of ether oxygens (including phenoxy) is 1. The molecule has 5 heteroatoms. The van der Waals surface area contributed by atoms with Crippen molar-refractivity contribution in [3.63, 3.8) is 0 Å². The summed E-state index contributed by atoms with van der Waals surface area (Å²) in [5.74, 6) is 0.0817. The SMILES string of the molecule is Cc1c[nH]c(CC(=O)NCCN2CCOCC2)c1C. The number of carbonyl (C=O) groups excluding carboxylic acids is 1. The average Bonchev–Trinajstić information content (AvgIpc) is 2.72. The number of hydrogen-bond donors (Lipinski definition) is 2. The van der Waals surface area contributed by atoms with Crippen molar-refractivity contribution >= 4 is 5.91 Å². The van der Waals surface area contributed by atoms with Crippen molar-refractivity contribution in [3.05, 3.63) is 23.0 Å². The van der Waals surface area contributed by atoms with Gasteiger partial charge in [-0.1, -0.05) is 0 Å². The van der Waals surface area contributed by atoms with Crippen molar-refractivity contribution < 1.29 is 9.53 Å². The minimum absolute atomic E-state index is 0.0817. The first kappa shape index (κ1) is 14.1. The fourth-order valence-electron chi connectivity index (χ4n) is 2.23. The van der Waals surface area contributed by atoms with Crippen LogP contribution < -0.4 is 5.32 Å². The third kappa shape index (κ3) is 4.08. The van der Waals surface area contributed by atoms with E-state index in [1.807, 2.05) is 20.0 Å². The summed E-state index contributed by atoms with van der Waals surface area (Å²) in [6.45, 7) is 9.22. The number of aryl methyl sites for hydroxylation is 1. The predicted molar refractivity (Wildman–Crippen MR) is 74.2 cm³/mol. The Kier molecular flexibility index (Phi) is 4.99. The summed E-state index contributed by atoms with van der Waals surface area (Å²) in [7, 11) is 0. The van der Waals surface area contributed by atoms with E-state index in [1.54, 1.807) is 0 Å². The largest absolute Gasteiger partial charge is 0.379 e. The molecule has 5 nitrogen and oxygen atoms in total. The molecule has 0 radical (unpaired) electrons. The summed E-state index contributed by atoms with van der Waals surface area (Å²) in [4.78, 5) is 17.3. The van der Waals surface area contributed by atoms with E-state index >= 15 is 0 Å². The van der Waals surface area contributed by atoms with Crippen LogP contribution in [0.5, 0.6) is 0 Å². The molecule has 0 saturated carbocycles. The van der Waals surface area contributed by atoms with E-state index < -0.39 is 0 Å². The Bertz CT molecular complexity index is 422. The quantitative estimate of drug-likeness (QED) is 0.820. The lowest BCUT2D eigenvalue weighted by Gasteiger charge is -2.26. The number of nitrogens with one attached hydrogen (secondary N) is 2. The van der Waals surface area contributed by atoms with Gasteiger partial charge in [-0.3, -0.25) is 9.69 Å². The van der Waals surface area contributed by atoms with Crippen molar-refractivity contribution in [2.24, 2.45) is 0 Å². The molecule has 0 bridgehead atoms. The van der Waals surface area contributed by atoms with Gasteiger partial charge < -0.3 is 15.0 Å². The van der Waals surface area contributed by atoms with Crippen molar-refractivity contribution in [1.82, 2.24) is 15.2 Å². The van der Waals surface area contributed by atoms with Gasteiger partial charge in [0.25, 0.3) is 0 Å².